The summed E-state index contributed by atoms with van der Waals surface area (Å²) in [6.45, 7) is 9.53. The van der Waals surface area contributed by atoms with Gasteiger partial charge in [-0.15, -0.1) is 0 Å². The van der Waals surface area contributed by atoms with E-state index in [1.54, 1.807) is 0 Å². The van der Waals surface area contributed by atoms with Crippen molar-refractivity contribution in [3.63, 3.8) is 0 Å². The van der Waals surface area contributed by atoms with Crippen LogP contribution in [0.1, 0.15) is 49.9 Å². The van der Waals surface area contributed by atoms with Crippen LogP contribution in [0.25, 0.3) is 143 Å². The molecule has 0 saturated carbocycles. The van der Waals surface area contributed by atoms with E-state index in [9.17, 15) is 0 Å². The maximum atomic E-state index is 2.42. The second-order valence-electron chi connectivity index (χ2n) is 22.9. The minimum Gasteiger partial charge on any atom is -0.0622 e. The first-order valence-corrected chi connectivity index (χ1v) is 27.7. The summed E-state index contributed by atoms with van der Waals surface area (Å²) >= 11 is 0. The number of rotatable bonds is 6. The lowest BCUT2D eigenvalue weighted by Gasteiger charge is -2.28. The van der Waals surface area contributed by atoms with Gasteiger partial charge >= 0.3 is 0 Å². The van der Waals surface area contributed by atoms with Crippen molar-refractivity contribution in [1.29, 1.82) is 0 Å². The van der Waals surface area contributed by atoms with E-state index >= 15 is 0 Å². The predicted octanol–water partition coefficient (Wildman–Crippen LogP) is 21.5. The van der Waals surface area contributed by atoms with Crippen LogP contribution in [0.3, 0.4) is 0 Å². The molecule has 14 aromatic rings. The molecule has 0 nitrogen and oxygen atoms in total. The maximum Gasteiger partial charge on any atom is 0.0165 e. The van der Waals surface area contributed by atoms with Crippen LogP contribution in [-0.4, -0.2) is 0 Å². The van der Waals surface area contributed by atoms with Crippen molar-refractivity contribution < 1.29 is 0 Å². The third-order valence-electron chi connectivity index (χ3n) is 18.2. The van der Waals surface area contributed by atoms with Crippen molar-refractivity contribution in [2.24, 2.45) is 0 Å². The molecule has 14 aromatic carbocycles. The Labute approximate surface area is 455 Å². The summed E-state index contributed by atoms with van der Waals surface area (Å²) in [5.41, 5.74) is 25.4. The molecular weight excluding hydrogens is 937 g/mol. The summed E-state index contributed by atoms with van der Waals surface area (Å²) < 4.78 is 0. The first-order chi connectivity index (χ1) is 38.3. The zero-order valence-corrected chi connectivity index (χ0v) is 44.2. The molecule has 0 aliphatic heterocycles. The molecule has 0 amide bonds. The number of benzene rings is 14. The van der Waals surface area contributed by atoms with Gasteiger partial charge in [-0.3, -0.25) is 0 Å². The van der Waals surface area contributed by atoms with Gasteiger partial charge in [-0.2, -0.15) is 0 Å². The fraction of sp³-hybridized carbons (Fsp3) is 0.0769. The predicted molar refractivity (Wildman–Crippen MR) is 333 cm³/mol. The van der Waals surface area contributed by atoms with Crippen LogP contribution in [-0.2, 0) is 10.8 Å². The minimum atomic E-state index is -0.144. The molecule has 0 saturated heterocycles. The van der Waals surface area contributed by atoms with Crippen LogP contribution in [0.15, 0.2) is 255 Å². The highest BCUT2D eigenvalue weighted by atomic mass is 14.4. The van der Waals surface area contributed by atoms with Gasteiger partial charge in [0.05, 0.1) is 0 Å². The summed E-state index contributed by atoms with van der Waals surface area (Å²) in [6.07, 6.45) is 0. The molecule has 78 heavy (non-hydrogen) atoms. The summed E-state index contributed by atoms with van der Waals surface area (Å²) in [7, 11) is 0. The molecule has 0 bridgehead atoms. The van der Waals surface area contributed by atoms with Crippen molar-refractivity contribution in [1.82, 2.24) is 0 Å². The van der Waals surface area contributed by atoms with Crippen molar-refractivity contribution >= 4 is 53.9 Å². The smallest absolute Gasteiger partial charge is 0.0165 e. The Balaban J connectivity index is 1.04. The lowest BCUT2D eigenvalue weighted by atomic mass is 9.75. The molecule has 0 spiro atoms. The monoisotopic (exact) mass is 990 g/mol. The third-order valence-corrected chi connectivity index (χ3v) is 18.2. The Kier molecular flexibility index (Phi) is 9.54. The molecule has 0 N–H and O–H groups in total. The lowest BCUT2D eigenvalue weighted by molar-refractivity contribution is 0.660. The second kappa shape index (κ2) is 16.6. The molecule has 2 aliphatic carbocycles. The van der Waals surface area contributed by atoms with Crippen molar-refractivity contribution in [3.05, 3.63) is 277 Å². The number of hydrogen-bond donors (Lipinski definition) is 0. The highest BCUT2D eigenvalue weighted by Gasteiger charge is 2.39. The zero-order chi connectivity index (χ0) is 52.0. The normalized spacial score (nSPS) is 13.8. The minimum absolute atomic E-state index is 0.0896. The highest BCUT2D eigenvalue weighted by molar-refractivity contribution is 6.43. The molecule has 2 aliphatic rings. The summed E-state index contributed by atoms with van der Waals surface area (Å²) in [5, 5.41) is 12.9. The topological polar surface area (TPSA) is 0 Å². The van der Waals surface area contributed by atoms with Gasteiger partial charge in [-0.05, 0) is 165 Å². The van der Waals surface area contributed by atoms with E-state index in [2.05, 4.69) is 282 Å². The van der Waals surface area contributed by atoms with Crippen LogP contribution in [0, 0.1) is 0 Å². The molecule has 0 fully saturated rings. The van der Waals surface area contributed by atoms with Crippen molar-refractivity contribution in [3.8, 4) is 89.0 Å². The molecule has 366 valence electrons. The van der Waals surface area contributed by atoms with Gasteiger partial charge < -0.3 is 0 Å². The summed E-state index contributed by atoms with van der Waals surface area (Å²) in [5.74, 6) is 0. The highest BCUT2D eigenvalue weighted by Crippen LogP contribution is 2.58. The molecule has 0 unspecified atom stereocenters. The van der Waals surface area contributed by atoms with Crippen molar-refractivity contribution in [2.45, 2.75) is 38.5 Å². The SMILES string of the molecule is CC1(C)c2ccccc2-c2c(-c3ccc(-c4c(-c5ccc(-c6cccc7c6C(C)(C)c6ccccc6-7)cc5)c(-c5ccccc5)c5c6cccc7c8ccccc8c8cccc(c5c4-c4ccccc4)c8c76)cc3)cccc21. The fourth-order valence-corrected chi connectivity index (χ4v) is 14.8. The van der Waals surface area contributed by atoms with Gasteiger partial charge in [0, 0.05) is 10.8 Å². The van der Waals surface area contributed by atoms with E-state index < -0.39 is 0 Å². The largest absolute Gasteiger partial charge is 0.0622 e. The average Bonchev–Trinajstić information content (AvgIpc) is 3.31. The van der Waals surface area contributed by atoms with Gasteiger partial charge in [0.15, 0.2) is 0 Å². The van der Waals surface area contributed by atoms with Crippen molar-refractivity contribution in [2.75, 3.05) is 0 Å². The number of hydrogen-bond acceptors (Lipinski definition) is 0. The maximum absolute atomic E-state index is 2.42. The van der Waals surface area contributed by atoms with Crippen LogP contribution in [0.5, 0.6) is 0 Å². The van der Waals surface area contributed by atoms with E-state index in [1.165, 1.54) is 165 Å². The fourth-order valence-electron chi connectivity index (χ4n) is 14.8. The van der Waals surface area contributed by atoms with Crippen LogP contribution >= 0.6 is 0 Å². The van der Waals surface area contributed by atoms with Gasteiger partial charge in [-0.1, -0.05) is 282 Å². The Morgan fingerprint density at radius 1 is 0.192 bits per heavy atom. The first-order valence-electron chi connectivity index (χ1n) is 27.7. The van der Waals surface area contributed by atoms with E-state index in [0.717, 1.165) is 0 Å². The van der Waals surface area contributed by atoms with E-state index in [-0.39, 0.29) is 10.8 Å². The first kappa shape index (κ1) is 44.9. The van der Waals surface area contributed by atoms with Gasteiger partial charge in [0.25, 0.3) is 0 Å². The van der Waals surface area contributed by atoms with Gasteiger partial charge in [-0.25, -0.2) is 0 Å². The summed E-state index contributed by atoms with van der Waals surface area (Å²) in [6, 6.07) is 96.7. The molecule has 0 aromatic heterocycles. The molecular formula is C78H54. The van der Waals surface area contributed by atoms with Gasteiger partial charge in [0.2, 0.25) is 0 Å². The standard InChI is InChI=1S/C78H54/c1-77(2)65-37-16-14-28-61(65)71-53(29-20-38-66(71)77)47-39-43-51(44-40-47)67-68(52-45-41-48(42-46-52)54-30-17-33-60-57-27-13-15-36-64(57)78(3,4)76(54)60)70(50-23-9-6-10-24-50)75-63-35-19-32-59-56-26-12-11-25-55(56)58-31-18-34-62(72(58)73(59)63)74(75)69(67)49-21-7-5-8-22-49/h5-46H,1-4H3. The quantitative estimate of drug-likeness (QED) is 0.115. The third kappa shape index (κ3) is 6.17. The Hall–Kier alpha value is -9.36. The zero-order valence-electron chi connectivity index (χ0n) is 44.2. The number of fused-ring (bicyclic) bond motifs is 12. The Morgan fingerprint density at radius 3 is 1.12 bits per heavy atom. The molecule has 0 radical (unpaired) electrons. The van der Waals surface area contributed by atoms with Crippen LogP contribution < -0.4 is 0 Å². The molecule has 0 heterocycles. The second-order valence-corrected chi connectivity index (χ2v) is 22.9. The van der Waals surface area contributed by atoms with Gasteiger partial charge in [0.1, 0.15) is 0 Å². The Morgan fingerprint density at radius 2 is 0.551 bits per heavy atom. The molecule has 0 heteroatoms. The van der Waals surface area contributed by atoms with E-state index in [1.807, 2.05) is 0 Å². The van der Waals surface area contributed by atoms with Crippen LogP contribution in [0.4, 0.5) is 0 Å². The summed E-state index contributed by atoms with van der Waals surface area (Å²) in [4.78, 5) is 0. The average molecular weight is 991 g/mol. The van der Waals surface area contributed by atoms with E-state index in [4.69, 9.17) is 0 Å². The van der Waals surface area contributed by atoms with Crippen LogP contribution in [0.2, 0.25) is 0 Å². The Bertz CT molecular complexity index is 4780. The molecule has 0 atom stereocenters. The molecule has 16 rings (SSSR count). The van der Waals surface area contributed by atoms with E-state index in [0.29, 0.717) is 0 Å². The lowest BCUT2D eigenvalue weighted by Crippen LogP contribution is -2.16.